The van der Waals surface area contributed by atoms with Crippen LogP contribution in [0.15, 0.2) is 16.7 Å². The van der Waals surface area contributed by atoms with Crippen LogP contribution in [0.1, 0.15) is 51.1 Å². The van der Waals surface area contributed by atoms with E-state index < -0.39 is 0 Å². The molecule has 0 aliphatic heterocycles. The first-order valence-electron chi connectivity index (χ1n) is 7.12. The second kappa shape index (κ2) is 7.84. The van der Waals surface area contributed by atoms with Gasteiger partial charge < -0.3 is 14.6 Å². The molecule has 5 heteroatoms. The molecule has 0 aromatic carbocycles. The first-order chi connectivity index (χ1) is 9.36. The standard InChI is InChI=1S/C15H25BrN2O2/c1-6-20-9-13(10(2)3)17-15(19)14-7-12(16)8-18(14)11(4)5/h7-8,10-11,13H,6,9H2,1-5H3,(H,17,19). The number of carbonyl (C=O) groups excluding carboxylic acids is 1. The fourth-order valence-electron chi connectivity index (χ4n) is 1.94. The highest BCUT2D eigenvalue weighted by molar-refractivity contribution is 9.10. The number of nitrogens with one attached hydrogen (secondary N) is 1. The molecule has 0 aliphatic rings. The van der Waals surface area contributed by atoms with Crippen molar-refractivity contribution in [2.24, 2.45) is 5.92 Å². The predicted molar refractivity (Wildman–Crippen MR) is 85.1 cm³/mol. The maximum atomic E-state index is 12.5. The van der Waals surface area contributed by atoms with E-state index in [1.165, 1.54) is 0 Å². The first-order valence-corrected chi connectivity index (χ1v) is 7.92. The molecule has 0 saturated carbocycles. The molecule has 0 aliphatic carbocycles. The Labute approximate surface area is 130 Å². The van der Waals surface area contributed by atoms with Crippen LogP contribution >= 0.6 is 15.9 Å². The Morgan fingerprint density at radius 1 is 1.40 bits per heavy atom. The molecular weight excluding hydrogens is 320 g/mol. The number of rotatable bonds is 7. The molecule has 1 atom stereocenters. The number of carbonyl (C=O) groups is 1. The lowest BCUT2D eigenvalue weighted by Gasteiger charge is -2.23. The lowest BCUT2D eigenvalue weighted by atomic mass is 10.1. The van der Waals surface area contributed by atoms with Crippen LogP contribution in [0.3, 0.4) is 0 Å². The lowest BCUT2D eigenvalue weighted by molar-refractivity contribution is 0.0797. The monoisotopic (exact) mass is 344 g/mol. The number of amides is 1. The molecule has 0 radical (unpaired) electrons. The molecule has 0 spiro atoms. The quantitative estimate of drug-likeness (QED) is 0.820. The summed E-state index contributed by atoms with van der Waals surface area (Å²) in [6.45, 7) is 11.5. The van der Waals surface area contributed by atoms with Crippen molar-refractivity contribution < 1.29 is 9.53 Å². The van der Waals surface area contributed by atoms with Crippen molar-refractivity contribution in [3.8, 4) is 0 Å². The van der Waals surface area contributed by atoms with Crippen LogP contribution in [0.4, 0.5) is 0 Å². The van der Waals surface area contributed by atoms with E-state index in [1.54, 1.807) is 0 Å². The van der Waals surface area contributed by atoms with Gasteiger partial charge in [-0.3, -0.25) is 4.79 Å². The molecule has 1 aromatic rings. The molecule has 114 valence electrons. The summed E-state index contributed by atoms with van der Waals surface area (Å²) < 4.78 is 8.33. The van der Waals surface area contributed by atoms with Gasteiger partial charge in [-0.2, -0.15) is 0 Å². The number of nitrogens with zero attached hydrogens (tertiary/aromatic N) is 1. The van der Waals surface area contributed by atoms with Crippen molar-refractivity contribution >= 4 is 21.8 Å². The highest BCUT2D eigenvalue weighted by Crippen LogP contribution is 2.19. The molecule has 0 bridgehead atoms. The summed E-state index contributed by atoms with van der Waals surface area (Å²) in [6.07, 6.45) is 1.94. The molecule has 0 saturated heterocycles. The number of ether oxygens (including phenoxy) is 1. The summed E-state index contributed by atoms with van der Waals surface area (Å²) >= 11 is 3.43. The molecule has 0 fully saturated rings. The zero-order chi connectivity index (χ0) is 15.3. The van der Waals surface area contributed by atoms with Crippen molar-refractivity contribution in [2.75, 3.05) is 13.2 Å². The Bertz CT molecular complexity index is 441. The Morgan fingerprint density at radius 2 is 2.05 bits per heavy atom. The fourth-order valence-corrected chi connectivity index (χ4v) is 2.38. The SMILES string of the molecule is CCOCC(NC(=O)c1cc(Br)cn1C(C)C)C(C)C. The van der Waals surface area contributed by atoms with E-state index in [1.807, 2.05) is 23.8 Å². The van der Waals surface area contributed by atoms with Gasteiger partial charge in [0.25, 0.3) is 5.91 Å². The van der Waals surface area contributed by atoms with E-state index in [4.69, 9.17) is 4.74 Å². The van der Waals surface area contributed by atoms with Crippen molar-refractivity contribution in [3.05, 3.63) is 22.4 Å². The molecule has 1 amide bonds. The highest BCUT2D eigenvalue weighted by Gasteiger charge is 2.20. The maximum absolute atomic E-state index is 12.5. The average molecular weight is 345 g/mol. The van der Waals surface area contributed by atoms with Gasteiger partial charge in [0.2, 0.25) is 0 Å². The topological polar surface area (TPSA) is 43.3 Å². The van der Waals surface area contributed by atoms with Gasteiger partial charge in [0.1, 0.15) is 5.69 Å². The normalized spacial score (nSPS) is 13.0. The van der Waals surface area contributed by atoms with Crippen LogP contribution in [0, 0.1) is 5.92 Å². The fraction of sp³-hybridized carbons (Fsp3) is 0.667. The molecule has 1 heterocycles. The molecule has 1 N–H and O–H groups in total. The Balaban J connectivity index is 2.83. The van der Waals surface area contributed by atoms with E-state index >= 15 is 0 Å². The summed E-state index contributed by atoms with van der Waals surface area (Å²) in [5, 5.41) is 3.07. The third kappa shape index (κ3) is 4.63. The Kier molecular flexibility index (Phi) is 6.76. The van der Waals surface area contributed by atoms with Crippen LogP contribution in [0.2, 0.25) is 0 Å². The number of aromatic nitrogens is 1. The molecule has 1 aromatic heterocycles. The van der Waals surface area contributed by atoms with E-state index in [9.17, 15) is 4.79 Å². The number of halogens is 1. The summed E-state index contributed by atoms with van der Waals surface area (Å²) in [7, 11) is 0. The minimum atomic E-state index is -0.0530. The van der Waals surface area contributed by atoms with Gasteiger partial charge in [0.05, 0.1) is 12.6 Å². The molecular formula is C15H25BrN2O2. The van der Waals surface area contributed by atoms with Crippen LogP contribution in [-0.2, 0) is 4.74 Å². The third-order valence-corrected chi connectivity index (χ3v) is 3.66. The Hall–Kier alpha value is -0.810. The van der Waals surface area contributed by atoms with Gasteiger partial charge in [-0.25, -0.2) is 0 Å². The van der Waals surface area contributed by atoms with Gasteiger partial charge in [0.15, 0.2) is 0 Å². The molecule has 4 nitrogen and oxygen atoms in total. The molecule has 20 heavy (non-hydrogen) atoms. The average Bonchev–Trinajstić information content (AvgIpc) is 2.76. The summed E-state index contributed by atoms with van der Waals surface area (Å²) in [5.74, 6) is 0.277. The van der Waals surface area contributed by atoms with Crippen LogP contribution in [0.5, 0.6) is 0 Å². The third-order valence-electron chi connectivity index (χ3n) is 3.23. The van der Waals surface area contributed by atoms with Gasteiger partial charge in [0, 0.05) is 23.3 Å². The van der Waals surface area contributed by atoms with E-state index in [0.717, 1.165) is 4.47 Å². The van der Waals surface area contributed by atoms with Crippen molar-refractivity contribution in [3.63, 3.8) is 0 Å². The maximum Gasteiger partial charge on any atom is 0.268 e. The van der Waals surface area contributed by atoms with Gasteiger partial charge in [-0.1, -0.05) is 13.8 Å². The second-order valence-electron chi connectivity index (χ2n) is 5.53. The summed E-state index contributed by atoms with van der Waals surface area (Å²) in [4.78, 5) is 12.5. The minimum absolute atomic E-state index is 0.0248. The lowest BCUT2D eigenvalue weighted by Crippen LogP contribution is -2.42. The zero-order valence-electron chi connectivity index (χ0n) is 12.9. The number of hydrogen-bond acceptors (Lipinski definition) is 2. The highest BCUT2D eigenvalue weighted by atomic mass is 79.9. The Morgan fingerprint density at radius 3 is 2.55 bits per heavy atom. The van der Waals surface area contributed by atoms with E-state index in [2.05, 4.69) is 48.9 Å². The molecule has 1 unspecified atom stereocenters. The van der Waals surface area contributed by atoms with Crippen LogP contribution in [0.25, 0.3) is 0 Å². The minimum Gasteiger partial charge on any atom is -0.380 e. The largest absolute Gasteiger partial charge is 0.380 e. The van der Waals surface area contributed by atoms with Crippen molar-refractivity contribution in [2.45, 2.75) is 46.7 Å². The summed E-state index contributed by atoms with van der Waals surface area (Å²) in [6, 6.07) is 2.12. The van der Waals surface area contributed by atoms with E-state index in [-0.39, 0.29) is 18.0 Å². The van der Waals surface area contributed by atoms with Crippen molar-refractivity contribution in [1.82, 2.24) is 9.88 Å². The smallest absolute Gasteiger partial charge is 0.268 e. The van der Waals surface area contributed by atoms with Crippen molar-refractivity contribution in [1.29, 1.82) is 0 Å². The van der Waals surface area contributed by atoms with Gasteiger partial charge in [-0.15, -0.1) is 0 Å². The van der Waals surface area contributed by atoms with Gasteiger partial charge >= 0.3 is 0 Å². The molecule has 1 rings (SSSR count). The predicted octanol–water partition coefficient (Wildman–Crippen LogP) is 3.62. The summed E-state index contributed by atoms with van der Waals surface area (Å²) in [5.41, 5.74) is 0.675. The zero-order valence-corrected chi connectivity index (χ0v) is 14.5. The second-order valence-corrected chi connectivity index (χ2v) is 6.44. The van der Waals surface area contributed by atoms with Gasteiger partial charge in [-0.05, 0) is 48.7 Å². The van der Waals surface area contributed by atoms with Crippen LogP contribution < -0.4 is 5.32 Å². The number of hydrogen-bond donors (Lipinski definition) is 1. The van der Waals surface area contributed by atoms with E-state index in [0.29, 0.717) is 24.8 Å². The first kappa shape index (κ1) is 17.2. The van der Waals surface area contributed by atoms with Crippen LogP contribution in [-0.4, -0.2) is 29.7 Å².